The quantitative estimate of drug-likeness (QED) is 0.695. The van der Waals surface area contributed by atoms with Crippen molar-refractivity contribution in [2.75, 3.05) is 0 Å². The lowest BCUT2D eigenvalue weighted by Gasteiger charge is -2.15. The fraction of sp³-hybridized carbons (Fsp3) is 0.400. The predicted octanol–water partition coefficient (Wildman–Crippen LogP) is 1.38. The second-order valence-corrected chi connectivity index (χ2v) is 3.18. The molecule has 3 N–H and O–H groups in total. The minimum absolute atomic E-state index is 0.273. The number of rotatable bonds is 2. The third kappa shape index (κ3) is 2.06. The van der Waals surface area contributed by atoms with Gasteiger partial charge in [0, 0.05) is 0 Å². The monoisotopic (exact) mass is 165 g/mol. The van der Waals surface area contributed by atoms with Crippen molar-refractivity contribution < 1.29 is 5.11 Å². The smallest absolute Gasteiger partial charge is 0.0704 e. The Kier molecular flexibility index (Phi) is 2.84. The van der Waals surface area contributed by atoms with Gasteiger partial charge in [0.2, 0.25) is 0 Å². The SMILES string of the molecule is Cc1cccc([C@H](N)[C@@H](C)O)c1. The minimum atomic E-state index is -0.494. The Balaban J connectivity index is 2.88. The molecule has 0 aliphatic heterocycles. The summed E-state index contributed by atoms with van der Waals surface area (Å²) in [6, 6.07) is 7.62. The highest BCUT2D eigenvalue weighted by molar-refractivity contribution is 5.25. The molecule has 0 spiro atoms. The van der Waals surface area contributed by atoms with E-state index in [9.17, 15) is 5.11 Å². The predicted molar refractivity (Wildman–Crippen MR) is 49.8 cm³/mol. The van der Waals surface area contributed by atoms with Gasteiger partial charge in [0.1, 0.15) is 0 Å². The fourth-order valence-corrected chi connectivity index (χ4v) is 1.16. The standard InChI is InChI=1S/C10H15NO/c1-7-4-3-5-9(6-7)10(11)8(2)12/h3-6,8,10,12H,11H2,1-2H3/t8-,10-/m1/s1. The number of aliphatic hydroxyl groups is 1. The van der Waals surface area contributed by atoms with Crippen LogP contribution >= 0.6 is 0 Å². The van der Waals surface area contributed by atoms with Crippen LogP contribution in [0.25, 0.3) is 0 Å². The molecule has 0 aromatic heterocycles. The first-order valence-electron chi connectivity index (χ1n) is 4.11. The molecule has 1 aromatic rings. The minimum Gasteiger partial charge on any atom is -0.391 e. The highest BCUT2D eigenvalue weighted by Crippen LogP contribution is 2.14. The van der Waals surface area contributed by atoms with Gasteiger partial charge in [-0.1, -0.05) is 29.8 Å². The molecule has 2 heteroatoms. The molecule has 1 aromatic carbocycles. The summed E-state index contributed by atoms with van der Waals surface area (Å²) in [6.45, 7) is 3.71. The van der Waals surface area contributed by atoms with Gasteiger partial charge >= 0.3 is 0 Å². The molecule has 0 radical (unpaired) electrons. The van der Waals surface area contributed by atoms with E-state index in [2.05, 4.69) is 0 Å². The van der Waals surface area contributed by atoms with Crippen molar-refractivity contribution >= 4 is 0 Å². The molecule has 1 rings (SSSR count). The van der Waals surface area contributed by atoms with E-state index in [0.717, 1.165) is 5.56 Å². The van der Waals surface area contributed by atoms with Gasteiger partial charge in [-0.05, 0) is 19.4 Å². The summed E-state index contributed by atoms with van der Waals surface area (Å²) in [6.07, 6.45) is -0.494. The zero-order chi connectivity index (χ0) is 9.14. The van der Waals surface area contributed by atoms with E-state index in [1.54, 1.807) is 6.92 Å². The molecule has 0 unspecified atom stereocenters. The Hall–Kier alpha value is -0.860. The summed E-state index contributed by atoms with van der Waals surface area (Å²) in [5.41, 5.74) is 7.92. The van der Waals surface area contributed by atoms with Gasteiger partial charge in [-0.15, -0.1) is 0 Å². The normalized spacial score (nSPS) is 15.7. The van der Waals surface area contributed by atoms with Gasteiger partial charge in [-0.3, -0.25) is 0 Å². The number of nitrogens with two attached hydrogens (primary N) is 1. The first-order chi connectivity index (χ1) is 5.61. The van der Waals surface area contributed by atoms with Crippen LogP contribution in [0.5, 0.6) is 0 Å². The van der Waals surface area contributed by atoms with E-state index in [4.69, 9.17) is 5.73 Å². The summed E-state index contributed by atoms with van der Waals surface area (Å²) in [5, 5.41) is 9.24. The average Bonchev–Trinajstić information content (AvgIpc) is 2.03. The molecule has 0 fully saturated rings. The number of aryl methyl sites for hydroxylation is 1. The Morgan fingerprint density at radius 1 is 1.42 bits per heavy atom. The molecule has 0 bridgehead atoms. The number of benzene rings is 1. The summed E-state index contributed by atoms with van der Waals surface area (Å²) in [4.78, 5) is 0. The molecule has 0 aliphatic rings. The molecule has 0 heterocycles. The highest BCUT2D eigenvalue weighted by Gasteiger charge is 2.10. The molecule has 2 nitrogen and oxygen atoms in total. The average molecular weight is 165 g/mol. The van der Waals surface area contributed by atoms with Crippen molar-refractivity contribution in [2.45, 2.75) is 26.0 Å². The summed E-state index contributed by atoms with van der Waals surface area (Å²) < 4.78 is 0. The van der Waals surface area contributed by atoms with E-state index in [1.807, 2.05) is 31.2 Å². The van der Waals surface area contributed by atoms with E-state index in [-0.39, 0.29) is 6.04 Å². The van der Waals surface area contributed by atoms with Crippen molar-refractivity contribution in [1.29, 1.82) is 0 Å². The molecule has 0 aliphatic carbocycles. The molecule has 0 saturated heterocycles. The van der Waals surface area contributed by atoms with Gasteiger partial charge in [0.25, 0.3) is 0 Å². The van der Waals surface area contributed by atoms with E-state index < -0.39 is 6.10 Å². The van der Waals surface area contributed by atoms with Gasteiger partial charge in [-0.25, -0.2) is 0 Å². The zero-order valence-electron chi connectivity index (χ0n) is 7.49. The topological polar surface area (TPSA) is 46.2 Å². The molecule has 0 saturated carbocycles. The van der Waals surface area contributed by atoms with Gasteiger partial charge < -0.3 is 10.8 Å². The Bertz CT molecular complexity index is 258. The maximum absolute atomic E-state index is 9.24. The number of hydrogen-bond acceptors (Lipinski definition) is 2. The van der Waals surface area contributed by atoms with Crippen LogP contribution in [0.4, 0.5) is 0 Å². The molecule has 2 atom stereocenters. The maximum atomic E-state index is 9.24. The molecule has 12 heavy (non-hydrogen) atoms. The first kappa shape index (κ1) is 9.23. The lowest BCUT2D eigenvalue weighted by Crippen LogP contribution is -2.23. The van der Waals surface area contributed by atoms with Crippen molar-refractivity contribution in [3.05, 3.63) is 35.4 Å². The Labute approximate surface area is 73.0 Å². The van der Waals surface area contributed by atoms with E-state index in [1.165, 1.54) is 5.56 Å². The third-order valence-electron chi connectivity index (χ3n) is 1.95. The van der Waals surface area contributed by atoms with Crippen molar-refractivity contribution in [2.24, 2.45) is 5.73 Å². The van der Waals surface area contributed by atoms with Crippen LogP contribution in [-0.2, 0) is 0 Å². The second-order valence-electron chi connectivity index (χ2n) is 3.18. The Morgan fingerprint density at radius 2 is 2.08 bits per heavy atom. The molecule has 0 amide bonds. The van der Waals surface area contributed by atoms with Crippen LogP contribution in [0.1, 0.15) is 24.1 Å². The summed E-state index contributed by atoms with van der Waals surface area (Å²) in [7, 11) is 0. The van der Waals surface area contributed by atoms with Crippen molar-refractivity contribution in [3.8, 4) is 0 Å². The third-order valence-corrected chi connectivity index (χ3v) is 1.95. The van der Waals surface area contributed by atoms with Gasteiger partial charge in [0.05, 0.1) is 12.1 Å². The Morgan fingerprint density at radius 3 is 2.58 bits per heavy atom. The highest BCUT2D eigenvalue weighted by atomic mass is 16.3. The molecule has 66 valence electrons. The van der Waals surface area contributed by atoms with Crippen LogP contribution in [-0.4, -0.2) is 11.2 Å². The largest absolute Gasteiger partial charge is 0.391 e. The lowest BCUT2D eigenvalue weighted by molar-refractivity contribution is 0.164. The second kappa shape index (κ2) is 3.70. The van der Waals surface area contributed by atoms with Crippen LogP contribution in [0.3, 0.4) is 0 Å². The van der Waals surface area contributed by atoms with Crippen LogP contribution in [0.2, 0.25) is 0 Å². The zero-order valence-corrected chi connectivity index (χ0v) is 7.49. The summed E-state index contributed by atoms with van der Waals surface area (Å²) >= 11 is 0. The van der Waals surface area contributed by atoms with Gasteiger partial charge in [-0.2, -0.15) is 0 Å². The van der Waals surface area contributed by atoms with Crippen molar-refractivity contribution in [1.82, 2.24) is 0 Å². The van der Waals surface area contributed by atoms with Crippen LogP contribution < -0.4 is 5.73 Å². The van der Waals surface area contributed by atoms with E-state index in [0.29, 0.717) is 0 Å². The van der Waals surface area contributed by atoms with E-state index >= 15 is 0 Å². The number of aliphatic hydroxyl groups excluding tert-OH is 1. The molecular formula is C10H15NO. The maximum Gasteiger partial charge on any atom is 0.0704 e. The number of hydrogen-bond donors (Lipinski definition) is 2. The van der Waals surface area contributed by atoms with Crippen molar-refractivity contribution in [3.63, 3.8) is 0 Å². The van der Waals surface area contributed by atoms with Crippen LogP contribution in [0, 0.1) is 6.92 Å². The van der Waals surface area contributed by atoms with Crippen LogP contribution in [0.15, 0.2) is 24.3 Å². The van der Waals surface area contributed by atoms with Gasteiger partial charge in [0.15, 0.2) is 0 Å². The molecular weight excluding hydrogens is 150 g/mol. The summed E-state index contributed by atoms with van der Waals surface area (Å²) in [5.74, 6) is 0. The lowest BCUT2D eigenvalue weighted by atomic mass is 10.0. The fourth-order valence-electron chi connectivity index (χ4n) is 1.16. The first-order valence-corrected chi connectivity index (χ1v) is 4.11.